The highest BCUT2D eigenvalue weighted by Crippen LogP contribution is 2.28. The van der Waals surface area contributed by atoms with E-state index in [0.29, 0.717) is 24.5 Å². The average molecular weight is 283 g/mol. The summed E-state index contributed by atoms with van der Waals surface area (Å²) in [6.07, 6.45) is 0.221. The Kier molecular flexibility index (Phi) is 8.02. The molecule has 0 aromatic heterocycles. The highest BCUT2D eigenvalue weighted by Gasteiger charge is 2.08. The van der Waals surface area contributed by atoms with Crippen molar-refractivity contribution in [1.82, 2.24) is 5.32 Å². The SMILES string of the molecule is CCC(O)COc1ccc(CNCCOC)cc1OC. The number of aliphatic hydroxyl groups excluding tert-OH is 1. The molecule has 0 aliphatic carbocycles. The number of benzene rings is 1. The first-order valence-corrected chi connectivity index (χ1v) is 6.88. The van der Waals surface area contributed by atoms with Gasteiger partial charge in [-0.15, -0.1) is 0 Å². The van der Waals surface area contributed by atoms with E-state index in [2.05, 4.69) is 5.32 Å². The van der Waals surface area contributed by atoms with E-state index < -0.39 is 6.10 Å². The number of hydrogen-bond donors (Lipinski definition) is 2. The van der Waals surface area contributed by atoms with E-state index in [0.717, 1.165) is 18.7 Å². The van der Waals surface area contributed by atoms with Crippen LogP contribution in [0.15, 0.2) is 18.2 Å². The Bertz CT molecular complexity index is 384. The van der Waals surface area contributed by atoms with Gasteiger partial charge in [0.05, 0.1) is 19.8 Å². The zero-order chi connectivity index (χ0) is 14.8. The second-order valence-corrected chi connectivity index (χ2v) is 4.53. The van der Waals surface area contributed by atoms with Gasteiger partial charge in [0.2, 0.25) is 0 Å². The Morgan fingerprint density at radius 1 is 1.25 bits per heavy atom. The summed E-state index contributed by atoms with van der Waals surface area (Å²) in [5, 5.41) is 12.8. The summed E-state index contributed by atoms with van der Waals surface area (Å²) < 4.78 is 15.9. The molecule has 1 unspecified atom stereocenters. The Hall–Kier alpha value is -1.30. The summed E-state index contributed by atoms with van der Waals surface area (Å²) in [6, 6.07) is 5.79. The third-order valence-corrected chi connectivity index (χ3v) is 2.94. The molecule has 0 fully saturated rings. The number of rotatable bonds is 10. The van der Waals surface area contributed by atoms with Crippen LogP contribution < -0.4 is 14.8 Å². The van der Waals surface area contributed by atoms with Gasteiger partial charge in [0.25, 0.3) is 0 Å². The molecule has 0 aliphatic heterocycles. The van der Waals surface area contributed by atoms with E-state index >= 15 is 0 Å². The van der Waals surface area contributed by atoms with Crippen LogP contribution in [-0.4, -0.2) is 45.2 Å². The van der Waals surface area contributed by atoms with Crippen molar-refractivity contribution in [2.45, 2.75) is 26.0 Å². The van der Waals surface area contributed by atoms with Crippen molar-refractivity contribution in [1.29, 1.82) is 0 Å². The normalized spacial score (nSPS) is 12.2. The first kappa shape index (κ1) is 16.8. The second-order valence-electron chi connectivity index (χ2n) is 4.53. The van der Waals surface area contributed by atoms with E-state index in [4.69, 9.17) is 14.2 Å². The molecule has 0 spiro atoms. The maximum Gasteiger partial charge on any atom is 0.161 e. The summed E-state index contributed by atoms with van der Waals surface area (Å²) >= 11 is 0. The molecule has 1 aromatic carbocycles. The van der Waals surface area contributed by atoms with Crippen LogP contribution in [0.4, 0.5) is 0 Å². The zero-order valence-corrected chi connectivity index (χ0v) is 12.5. The van der Waals surface area contributed by atoms with Gasteiger partial charge in [0, 0.05) is 20.2 Å². The average Bonchev–Trinajstić information content (AvgIpc) is 2.49. The fourth-order valence-electron chi connectivity index (χ4n) is 1.65. The molecule has 0 saturated carbocycles. The van der Waals surface area contributed by atoms with Crippen molar-refractivity contribution < 1.29 is 19.3 Å². The third-order valence-electron chi connectivity index (χ3n) is 2.94. The molecule has 5 heteroatoms. The van der Waals surface area contributed by atoms with Crippen molar-refractivity contribution in [3.05, 3.63) is 23.8 Å². The van der Waals surface area contributed by atoms with Crippen molar-refractivity contribution >= 4 is 0 Å². The molecule has 1 aromatic rings. The molecule has 0 bridgehead atoms. The summed E-state index contributed by atoms with van der Waals surface area (Å²) in [5.74, 6) is 1.33. The van der Waals surface area contributed by atoms with E-state index in [1.807, 2.05) is 25.1 Å². The van der Waals surface area contributed by atoms with Crippen LogP contribution >= 0.6 is 0 Å². The molecular weight excluding hydrogens is 258 g/mol. The fraction of sp³-hybridized carbons (Fsp3) is 0.600. The number of nitrogens with one attached hydrogen (secondary N) is 1. The van der Waals surface area contributed by atoms with Crippen LogP contribution in [0.2, 0.25) is 0 Å². The lowest BCUT2D eigenvalue weighted by atomic mass is 10.2. The van der Waals surface area contributed by atoms with Crippen LogP contribution in [0.1, 0.15) is 18.9 Å². The highest BCUT2D eigenvalue weighted by molar-refractivity contribution is 5.42. The standard InChI is InChI=1S/C15H25NO4/c1-4-13(17)11-20-14-6-5-12(9-15(14)19-3)10-16-7-8-18-2/h5-6,9,13,16-17H,4,7-8,10-11H2,1-3H3. The smallest absolute Gasteiger partial charge is 0.161 e. The van der Waals surface area contributed by atoms with E-state index in [1.165, 1.54) is 0 Å². The minimum absolute atomic E-state index is 0.276. The Balaban J connectivity index is 2.56. The molecule has 5 nitrogen and oxygen atoms in total. The molecule has 0 aliphatic rings. The second kappa shape index (κ2) is 9.58. The van der Waals surface area contributed by atoms with Gasteiger partial charge in [-0.2, -0.15) is 0 Å². The summed E-state index contributed by atoms with van der Waals surface area (Å²) in [4.78, 5) is 0. The molecule has 0 heterocycles. The monoisotopic (exact) mass is 283 g/mol. The predicted molar refractivity (Wildman–Crippen MR) is 78.4 cm³/mol. The van der Waals surface area contributed by atoms with E-state index in [-0.39, 0.29) is 6.61 Å². The quantitative estimate of drug-likeness (QED) is 0.638. The third kappa shape index (κ3) is 5.77. The lowest BCUT2D eigenvalue weighted by Gasteiger charge is -2.14. The van der Waals surface area contributed by atoms with Gasteiger partial charge in [-0.25, -0.2) is 0 Å². The Morgan fingerprint density at radius 3 is 2.70 bits per heavy atom. The van der Waals surface area contributed by atoms with Crippen LogP contribution in [0, 0.1) is 0 Å². The molecule has 2 N–H and O–H groups in total. The first-order valence-electron chi connectivity index (χ1n) is 6.88. The number of ether oxygens (including phenoxy) is 3. The van der Waals surface area contributed by atoms with E-state index in [9.17, 15) is 5.11 Å². The fourth-order valence-corrected chi connectivity index (χ4v) is 1.65. The van der Waals surface area contributed by atoms with Gasteiger partial charge in [-0.1, -0.05) is 13.0 Å². The minimum Gasteiger partial charge on any atom is -0.493 e. The summed E-state index contributed by atoms with van der Waals surface area (Å²) in [5.41, 5.74) is 1.11. The number of hydrogen-bond acceptors (Lipinski definition) is 5. The lowest BCUT2D eigenvalue weighted by Crippen LogP contribution is -2.18. The Morgan fingerprint density at radius 2 is 2.05 bits per heavy atom. The maximum absolute atomic E-state index is 9.52. The first-order chi connectivity index (χ1) is 9.71. The molecule has 0 amide bonds. The van der Waals surface area contributed by atoms with Crippen molar-refractivity contribution in [2.75, 3.05) is 34.0 Å². The summed E-state index contributed by atoms with van der Waals surface area (Å²) in [7, 11) is 3.29. The van der Waals surface area contributed by atoms with Gasteiger partial charge < -0.3 is 24.6 Å². The molecule has 114 valence electrons. The molecule has 1 atom stereocenters. The van der Waals surface area contributed by atoms with Gasteiger partial charge >= 0.3 is 0 Å². The molecule has 1 rings (SSSR count). The topological polar surface area (TPSA) is 60.0 Å². The minimum atomic E-state index is -0.449. The molecule has 0 saturated heterocycles. The van der Waals surface area contributed by atoms with Crippen LogP contribution in [0.5, 0.6) is 11.5 Å². The van der Waals surface area contributed by atoms with Crippen LogP contribution in [0.25, 0.3) is 0 Å². The molecule has 0 radical (unpaired) electrons. The maximum atomic E-state index is 9.52. The lowest BCUT2D eigenvalue weighted by molar-refractivity contribution is 0.102. The largest absolute Gasteiger partial charge is 0.493 e. The van der Waals surface area contributed by atoms with Gasteiger partial charge in [0.15, 0.2) is 11.5 Å². The van der Waals surface area contributed by atoms with Crippen molar-refractivity contribution in [3.8, 4) is 11.5 Å². The van der Waals surface area contributed by atoms with Gasteiger partial charge in [0.1, 0.15) is 6.61 Å². The van der Waals surface area contributed by atoms with Crippen molar-refractivity contribution in [2.24, 2.45) is 0 Å². The van der Waals surface area contributed by atoms with Crippen LogP contribution in [0.3, 0.4) is 0 Å². The predicted octanol–water partition coefficient (Wildman–Crippen LogP) is 1.58. The van der Waals surface area contributed by atoms with Gasteiger partial charge in [-0.05, 0) is 24.1 Å². The molecule has 20 heavy (non-hydrogen) atoms. The number of aliphatic hydroxyl groups is 1. The Labute approximate surface area is 120 Å². The van der Waals surface area contributed by atoms with E-state index in [1.54, 1.807) is 14.2 Å². The number of methoxy groups -OCH3 is 2. The summed E-state index contributed by atoms with van der Waals surface area (Å²) in [6.45, 7) is 4.43. The highest BCUT2D eigenvalue weighted by atomic mass is 16.5. The zero-order valence-electron chi connectivity index (χ0n) is 12.5. The molecular formula is C15H25NO4. The van der Waals surface area contributed by atoms with Crippen LogP contribution in [-0.2, 0) is 11.3 Å². The van der Waals surface area contributed by atoms with Gasteiger partial charge in [-0.3, -0.25) is 0 Å². The van der Waals surface area contributed by atoms with Crippen molar-refractivity contribution in [3.63, 3.8) is 0 Å².